The summed E-state index contributed by atoms with van der Waals surface area (Å²) in [5.41, 5.74) is 1.06. The maximum atomic E-state index is 12.7. The number of fused-ring (bicyclic) bond motifs is 1. The Kier molecular flexibility index (Phi) is 5.99. The molecule has 0 spiro atoms. The number of benzene rings is 2. The fourth-order valence-corrected chi connectivity index (χ4v) is 4.04. The highest BCUT2D eigenvalue weighted by Crippen LogP contribution is 2.37. The van der Waals surface area contributed by atoms with Crippen molar-refractivity contribution in [2.45, 2.75) is 12.8 Å². The van der Waals surface area contributed by atoms with Gasteiger partial charge in [0.2, 0.25) is 11.8 Å². The molecular weight excluding hydrogens is 464 g/mol. The zero-order valence-corrected chi connectivity index (χ0v) is 18.0. The van der Waals surface area contributed by atoms with Crippen LogP contribution in [0.25, 0.3) is 0 Å². The molecule has 158 valence electrons. The lowest BCUT2D eigenvalue weighted by molar-refractivity contribution is -0.122. The summed E-state index contributed by atoms with van der Waals surface area (Å²) < 4.78 is 5.97. The van der Waals surface area contributed by atoms with Gasteiger partial charge in [0.1, 0.15) is 0 Å². The summed E-state index contributed by atoms with van der Waals surface area (Å²) in [6, 6.07) is 13.1. The molecule has 2 aromatic carbocycles. The zero-order valence-electron chi connectivity index (χ0n) is 16.4. The number of carbonyl (C=O) groups excluding carboxylic acids is 4. The average molecular weight is 483 g/mol. The maximum Gasteiger partial charge on any atom is 0.338 e. The van der Waals surface area contributed by atoms with E-state index in [1.807, 2.05) is 12.2 Å². The molecule has 7 nitrogen and oxygen atoms in total. The monoisotopic (exact) mass is 482 g/mol. The van der Waals surface area contributed by atoms with Gasteiger partial charge < -0.3 is 10.1 Å². The molecule has 1 heterocycles. The Morgan fingerprint density at radius 1 is 1.00 bits per heavy atom. The lowest BCUT2D eigenvalue weighted by Gasteiger charge is -2.15. The van der Waals surface area contributed by atoms with Gasteiger partial charge in [0.25, 0.3) is 5.91 Å². The van der Waals surface area contributed by atoms with Crippen LogP contribution in [0.1, 0.15) is 23.2 Å². The summed E-state index contributed by atoms with van der Waals surface area (Å²) in [6.45, 7) is -0.462. The van der Waals surface area contributed by atoms with Crippen molar-refractivity contribution in [3.8, 4) is 0 Å². The smallest absolute Gasteiger partial charge is 0.338 e. The molecule has 8 heteroatoms. The number of halogens is 1. The molecule has 2 aliphatic rings. The van der Waals surface area contributed by atoms with Gasteiger partial charge in [0.15, 0.2) is 6.61 Å². The molecular formula is C23H19BrN2O5. The van der Waals surface area contributed by atoms with E-state index in [9.17, 15) is 19.2 Å². The molecule has 0 saturated carbocycles. The molecule has 0 aromatic heterocycles. The lowest BCUT2D eigenvalue weighted by atomic mass is 9.85. The van der Waals surface area contributed by atoms with Crippen LogP contribution < -0.4 is 10.2 Å². The Balaban J connectivity index is 1.40. The number of nitrogens with one attached hydrogen (secondary N) is 1. The van der Waals surface area contributed by atoms with Gasteiger partial charge >= 0.3 is 5.97 Å². The predicted molar refractivity (Wildman–Crippen MR) is 117 cm³/mol. The van der Waals surface area contributed by atoms with Gasteiger partial charge in [-0.15, -0.1) is 0 Å². The second-order valence-corrected chi connectivity index (χ2v) is 8.26. The Hall–Kier alpha value is -3.26. The average Bonchev–Trinajstić information content (AvgIpc) is 3.04. The lowest BCUT2D eigenvalue weighted by Crippen LogP contribution is -2.31. The van der Waals surface area contributed by atoms with Crippen LogP contribution >= 0.6 is 15.9 Å². The quantitative estimate of drug-likeness (QED) is 0.398. The van der Waals surface area contributed by atoms with E-state index < -0.39 is 18.5 Å². The molecule has 1 fully saturated rings. The number of esters is 1. The largest absolute Gasteiger partial charge is 0.452 e. The van der Waals surface area contributed by atoms with E-state index in [1.54, 1.807) is 36.4 Å². The van der Waals surface area contributed by atoms with E-state index >= 15 is 0 Å². The molecule has 1 aliphatic carbocycles. The minimum absolute atomic E-state index is 0.155. The third kappa shape index (κ3) is 4.44. The summed E-state index contributed by atoms with van der Waals surface area (Å²) in [7, 11) is 0. The maximum absolute atomic E-state index is 12.7. The molecule has 2 atom stereocenters. The Labute approximate surface area is 187 Å². The normalized spacial score (nSPS) is 19.8. The van der Waals surface area contributed by atoms with E-state index in [0.717, 1.165) is 9.37 Å². The highest BCUT2D eigenvalue weighted by molar-refractivity contribution is 9.10. The molecule has 0 unspecified atom stereocenters. The summed E-state index contributed by atoms with van der Waals surface area (Å²) in [4.78, 5) is 51.1. The molecule has 1 N–H and O–H groups in total. The van der Waals surface area contributed by atoms with E-state index in [1.165, 1.54) is 12.1 Å². The number of allylic oxidation sites excluding steroid dienone is 2. The van der Waals surface area contributed by atoms with Crippen LogP contribution in [0.2, 0.25) is 0 Å². The number of carbonyl (C=O) groups is 4. The summed E-state index contributed by atoms with van der Waals surface area (Å²) >= 11 is 3.31. The minimum atomic E-state index is -0.717. The number of amides is 3. The number of nitrogens with zero attached hydrogens (tertiary/aromatic N) is 1. The highest BCUT2D eigenvalue weighted by atomic mass is 79.9. The van der Waals surface area contributed by atoms with Crippen LogP contribution in [-0.4, -0.2) is 30.3 Å². The number of imide groups is 1. The van der Waals surface area contributed by atoms with Gasteiger partial charge in [-0.05, 0) is 55.3 Å². The first kappa shape index (κ1) is 21.0. The number of rotatable bonds is 5. The van der Waals surface area contributed by atoms with Crippen LogP contribution in [0.4, 0.5) is 11.4 Å². The Morgan fingerprint density at radius 2 is 1.65 bits per heavy atom. The van der Waals surface area contributed by atoms with Gasteiger partial charge in [-0.2, -0.15) is 0 Å². The van der Waals surface area contributed by atoms with Crippen molar-refractivity contribution in [1.29, 1.82) is 0 Å². The topological polar surface area (TPSA) is 92.8 Å². The van der Waals surface area contributed by atoms with Crippen molar-refractivity contribution < 1.29 is 23.9 Å². The molecule has 0 bridgehead atoms. The Morgan fingerprint density at radius 3 is 2.29 bits per heavy atom. The fraction of sp³-hybridized carbons (Fsp3) is 0.217. The molecule has 2 aromatic rings. The van der Waals surface area contributed by atoms with Crippen LogP contribution in [-0.2, 0) is 19.1 Å². The van der Waals surface area contributed by atoms with E-state index in [2.05, 4.69) is 21.2 Å². The fourth-order valence-electron chi connectivity index (χ4n) is 3.77. The number of anilines is 2. The number of hydrogen-bond acceptors (Lipinski definition) is 5. The number of ether oxygens (including phenoxy) is 1. The van der Waals surface area contributed by atoms with Crippen LogP contribution in [0, 0.1) is 11.8 Å². The third-order valence-electron chi connectivity index (χ3n) is 5.31. The standard InChI is InChI=1S/C23H19BrN2O5/c24-15-8-10-16(11-9-15)25-20(27)13-31-23(30)14-4-3-5-17(12-14)26-21(28)18-6-1-2-7-19(18)22(26)29/h1-5,8-12,18-19H,6-7,13H2,(H,25,27)/t18-,19-/m1/s1. The van der Waals surface area contributed by atoms with Crippen LogP contribution in [0.5, 0.6) is 0 Å². The second-order valence-electron chi connectivity index (χ2n) is 7.35. The van der Waals surface area contributed by atoms with E-state index in [0.29, 0.717) is 24.2 Å². The molecule has 3 amide bonds. The van der Waals surface area contributed by atoms with Gasteiger partial charge in [-0.3, -0.25) is 19.3 Å². The van der Waals surface area contributed by atoms with Crippen LogP contribution in [0.15, 0.2) is 65.2 Å². The summed E-state index contributed by atoms with van der Waals surface area (Å²) in [5, 5.41) is 2.63. The van der Waals surface area contributed by atoms with Crippen molar-refractivity contribution in [1.82, 2.24) is 0 Å². The van der Waals surface area contributed by atoms with Gasteiger partial charge in [0.05, 0.1) is 23.1 Å². The molecule has 4 rings (SSSR count). The van der Waals surface area contributed by atoms with Crippen molar-refractivity contribution >= 4 is 51.0 Å². The van der Waals surface area contributed by atoms with Gasteiger partial charge in [-0.1, -0.05) is 34.1 Å². The molecule has 1 saturated heterocycles. The highest BCUT2D eigenvalue weighted by Gasteiger charge is 2.47. The van der Waals surface area contributed by atoms with Gasteiger partial charge in [0, 0.05) is 10.2 Å². The first-order valence-corrected chi connectivity index (χ1v) is 10.6. The second kappa shape index (κ2) is 8.85. The van der Waals surface area contributed by atoms with Crippen molar-refractivity contribution in [3.63, 3.8) is 0 Å². The first-order chi connectivity index (χ1) is 14.9. The van der Waals surface area contributed by atoms with E-state index in [-0.39, 0.29) is 29.2 Å². The van der Waals surface area contributed by atoms with Gasteiger partial charge in [-0.25, -0.2) is 4.79 Å². The van der Waals surface area contributed by atoms with Crippen molar-refractivity contribution in [2.24, 2.45) is 11.8 Å². The van der Waals surface area contributed by atoms with Crippen LogP contribution in [0.3, 0.4) is 0 Å². The van der Waals surface area contributed by atoms with E-state index in [4.69, 9.17) is 4.74 Å². The third-order valence-corrected chi connectivity index (χ3v) is 5.84. The summed E-state index contributed by atoms with van der Waals surface area (Å²) in [5.74, 6) is -2.40. The minimum Gasteiger partial charge on any atom is -0.452 e. The molecule has 1 aliphatic heterocycles. The van der Waals surface area contributed by atoms with Crippen molar-refractivity contribution in [3.05, 3.63) is 70.7 Å². The first-order valence-electron chi connectivity index (χ1n) is 9.79. The number of hydrogen-bond donors (Lipinski definition) is 1. The SMILES string of the molecule is O=C(COC(=O)c1cccc(N2C(=O)[C@@H]3CC=CC[C@H]3C2=O)c1)Nc1ccc(Br)cc1. The summed E-state index contributed by atoms with van der Waals surface area (Å²) in [6.07, 6.45) is 4.92. The molecule has 31 heavy (non-hydrogen) atoms. The van der Waals surface area contributed by atoms with Crippen molar-refractivity contribution in [2.75, 3.05) is 16.8 Å². The molecule has 0 radical (unpaired) electrons. The zero-order chi connectivity index (χ0) is 22.0. The Bertz CT molecular complexity index is 1050. The predicted octanol–water partition coefficient (Wildman–Crippen LogP) is 3.70.